The summed E-state index contributed by atoms with van der Waals surface area (Å²) in [7, 11) is -10.9. The number of rotatable bonds is 10. The molecule has 0 atom stereocenters. The first-order chi connectivity index (χ1) is 10.8. The van der Waals surface area contributed by atoms with E-state index in [4.69, 9.17) is 0 Å². The molecule has 0 aliphatic heterocycles. The van der Waals surface area contributed by atoms with Crippen molar-refractivity contribution < 1.29 is 147 Å². The molecule has 140 valence electrons. The molecule has 28 heavy (non-hydrogen) atoms. The Morgan fingerprint density at radius 3 is 1.43 bits per heavy atom. The molecule has 0 heterocycles. The minimum absolute atomic E-state index is 0. The Labute approximate surface area is 258 Å². The number of hydrogen-bond donors (Lipinski definition) is 0. The molecule has 0 aliphatic carbocycles. The first-order valence-corrected chi connectivity index (χ1v) is 11.0. The zero-order valence-electron chi connectivity index (χ0n) is 18.7. The van der Waals surface area contributed by atoms with Gasteiger partial charge in [0.1, 0.15) is 0 Å². The molecule has 0 rings (SSSR count). The van der Waals surface area contributed by atoms with Gasteiger partial charge >= 0.3 is 118 Å². The van der Waals surface area contributed by atoms with Crippen molar-refractivity contribution in [2.24, 2.45) is 0 Å². The number of allylic oxidation sites excluding steroid dienone is 6. The van der Waals surface area contributed by atoms with Crippen molar-refractivity contribution in [3.8, 4) is 0 Å². The second-order valence-corrected chi connectivity index (χ2v) is 10.1. The molecule has 0 radical (unpaired) electrons. The Bertz CT molecular complexity index is 570. The van der Waals surface area contributed by atoms with Crippen LogP contribution >= 0.6 is 15.2 Å². The fourth-order valence-electron chi connectivity index (χ4n) is 2.08. The molecular weight excluding hydrogens is 442 g/mol. The molecule has 0 aromatic rings. The van der Waals surface area contributed by atoms with E-state index in [-0.39, 0.29) is 118 Å². The Hall–Kier alpha value is 3.52. The second kappa shape index (κ2) is 21.1. The molecule has 0 N–H and O–H groups in total. The van der Waals surface area contributed by atoms with Gasteiger partial charge in [-0.2, -0.15) is 0 Å². The van der Waals surface area contributed by atoms with Crippen molar-refractivity contribution in [3.63, 3.8) is 0 Å². The molecule has 0 spiro atoms. The fraction of sp³-hybridized carbons (Fsp3) is 0.625. The Morgan fingerprint density at radius 1 is 0.714 bits per heavy atom. The van der Waals surface area contributed by atoms with Crippen LogP contribution in [0.15, 0.2) is 34.9 Å². The molecule has 0 aromatic carbocycles. The minimum atomic E-state index is -5.47. The summed E-state index contributed by atoms with van der Waals surface area (Å²) in [5, 5.41) is -2.40. The summed E-state index contributed by atoms with van der Waals surface area (Å²) in [4.78, 5) is 43.6. The van der Waals surface area contributed by atoms with Crippen LogP contribution in [0.5, 0.6) is 0 Å². The van der Waals surface area contributed by atoms with E-state index in [2.05, 4.69) is 12.2 Å². The van der Waals surface area contributed by atoms with Gasteiger partial charge in [-0.25, -0.2) is 0 Å². The maximum atomic E-state index is 10.9. The predicted octanol–water partition coefficient (Wildman–Crippen LogP) is -10.0. The van der Waals surface area contributed by atoms with Gasteiger partial charge in [-0.15, -0.1) is 0 Å². The molecule has 0 aromatic heterocycles. The second-order valence-electron chi connectivity index (χ2n) is 6.26. The summed E-state index contributed by atoms with van der Waals surface area (Å²) >= 11 is 0. The fourth-order valence-corrected chi connectivity index (χ4v) is 4.19. The molecule has 0 saturated carbocycles. The van der Waals surface area contributed by atoms with Gasteiger partial charge in [0.15, 0.2) is 0 Å². The van der Waals surface area contributed by atoms with Crippen molar-refractivity contribution in [2.75, 3.05) is 0 Å². The van der Waals surface area contributed by atoms with Gasteiger partial charge in [0.25, 0.3) is 0 Å². The molecule has 0 aliphatic rings. The third-order valence-electron chi connectivity index (χ3n) is 3.53. The van der Waals surface area contributed by atoms with Crippen LogP contribution in [0.2, 0.25) is 0 Å². The summed E-state index contributed by atoms with van der Waals surface area (Å²) in [5.41, 5.74) is 3.26. The van der Waals surface area contributed by atoms with Crippen LogP contribution in [0.25, 0.3) is 0 Å². The summed E-state index contributed by atoms with van der Waals surface area (Å²) < 4.78 is 21.8. The van der Waals surface area contributed by atoms with Crippen LogP contribution in [0.3, 0.4) is 0 Å². The van der Waals surface area contributed by atoms with Gasteiger partial charge in [0, 0.05) is 5.40 Å². The van der Waals surface area contributed by atoms with E-state index in [9.17, 15) is 28.7 Å². The van der Waals surface area contributed by atoms with Gasteiger partial charge < -0.3 is 28.7 Å². The van der Waals surface area contributed by atoms with E-state index < -0.39 is 27.0 Å². The Balaban J connectivity index is -0.000000441. The van der Waals surface area contributed by atoms with Crippen molar-refractivity contribution in [1.82, 2.24) is 0 Å². The zero-order chi connectivity index (χ0) is 19.0. The third-order valence-corrected chi connectivity index (χ3v) is 7.11. The SMILES string of the molecule is CC(C)=CCC/C(C)=C\CC/C(C)=C\CC(P(=O)([O-])[O-])P(=O)([O-])[O-].[Na+].[Na+].[Na+].[Na+]. The van der Waals surface area contributed by atoms with E-state index in [1.54, 1.807) is 6.92 Å². The van der Waals surface area contributed by atoms with Crippen LogP contribution in [0.4, 0.5) is 0 Å². The van der Waals surface area contributed by atoms with Gasteiger partial charge in [0.2, 0.25) is 0 Å². The third kappa shape index (κ3) is 22.7. The van der Waals surface area contributed by atoms with E-state index in [0.717, 1.165) is 24.8 Å². The molecule has 0 unspecified atom stereocenters. The Kier molecular flexibility index (Phi) is 31.4. The molecule has 0 bridgehead atoms. The van der Waals surface area contributed by atoms with Gasteiger partial charge in [-0.3, -0.25) is 0 Å². The van der Waals surface area contributed by atoms with E-state index in [1.807, 2.05) is 20.8 Å². The van der Waals surface area contributed by atoms with Crippen molar-refractivity contribution >= 4 is 15.2 Å². The smallest absolute Gasteiger partial charge is 0.810 e. The largest absolute Gasteiger partial charge is 1.00 e. The summed E-state index contributed by atoms with van der Waals surface area (Å²) in [6, 6.07) is 0. The van der Waals surface area contributed by atoms with E-state index in [1.165, 1.54) is 17.2 Å². The molecule has 0 saturated heterocycles. The topological polar surface area (TPSA) is 126 Å². The molecule has 12 heteroatoms. The average Bonchev–Trinajstić information content (AvgIpc) is 2.34. The molecule has 0 amide bonds. The molecule has 0 fully saturated rings. The first kappa shape index (κ1) is 41.7. The van der Waals surface area contributed by atoms with Crippen LogP contribution in [-0.4, -0.2) is 5.40 Å². The standard InChI is InChI=1S/C16H30O6P2.4Na/c1-13(2)7-5-8-14(3)9-6-10-15(4)11-12-16(23(17,18)19)24(20,21)22;;;;/h7,9,11,16H,5-6,8,10,12H2,1-4H3,(H2,17,18,19)(H2,20,21,22);;;;/q;4*+1/p-4/b14-9-,15-11-;;;;. The first-order valence-electron chi connectivity index (χ1n) is 7.82. The quantitative estimate of drug-likeness (QED) is 0.178. The van der Waals surface area contributed by atoms with E-state index >= 15 is 0 Å². The van der Waals surface area contributed by atoms with Crippen LogP contribution in [0, 0.1) is 0 Å². The summed E-state index contributed by atoms with van der Waals surface area (Å²) in [5.74, 6) is 0. The maximum absolute atomic E-state index is 10.9. The minimum Gasteiger partial charge on any atom is -0.810 e. The summed E-state index contributed by atoms with van der Waals surface area (Å²) in [6.07, 6.45) is 8.28. The van der Waals surface area contributed by atoms with Crippen LogP contribution in [0.1, 0.15) is 59.8 Å². The van der Waals surface area contributed by atoms with Gasteiger partial charge in [0.05, 0.1) is 0 Å². The summed E-state index contributed by atoms with van der Waals surface area (Å²) in [6.45, 7) is 7.84. The van der Waals surface area contributed by atoms with Crippen LogP contribution in [-0.2, 0) is 9.13 Å². The Morgan fingerprint density at radius 2 is 1.07 bits per heavy atom. The van der Waals surface area contributed by atoms with Crippen molar-refractivity contribution in [1.29, 1.82) is 0 Å². The van der Waals surface area contributed by atoms with E-state index in [0.29, 0.717) is 6.42 Å². The van der Waals surface area contributed by atoms with Crippen LogP contribution < -0.4 is 138 Å². The monoisotopic (exact) mass is 468 g/mol. The van der Waals surface area contributed by atoms with Gasteiger partial charge in [-0.05, 0) is 59.8 Å². The maximum Gasteiger partial charge on any atom is 1.00 e. The zero-order valence-corrected chi connectivity index (χ0v) is 28.5. The molecule has 6 nitrogen and oxygen atoms in total. The van der Waals surface area contributed by atoms with Gasteiger partial charge in [-0.1, -0.05) is 50.1 Å². The number of hydrogen-bond acceptors (Lipinski definition) is 6. The molecular formula is C16H26Na4O6P2. The predicted molar refractivity (Wildman–Crippen MR) is 89.0 cm³/mol. The van der Waals surface area contributed by atoms with Crippen molar-refractivity contribution in [3.05, 3.63) is 34.9 Å². The van der Waals surface area contributed by atoms with Crippen molar-refractivity contribution in [2.45, 2.75) is 65.2 Å². The normalized spacial score (nSPS) is 12.2. The average molecular weight is 468 g/mol.